The van der Waals surface area contributed by atoms with E-state index in [9.17, 15) is 0 Å². The molecule has 0 fully saturated rings. The third kappa shape index (κ3) is 6.00. The quantitative estimate of drug-likeness (QED) is 0.539. The second kappa shape index (κ2) is 8.71. The summed E-state index contributed by atoms with van der Waals surface area (Å²) in [7, 11) is 1.79. The molecule has 0 spiro atoms. The highest BCUT2D eigenvalue weighted by Crippen LogP contribution is 2.29. The first-order chi connectivity index (χ1) is 9.39. The van der Waals surface area contributed by atoms with Crippen molar-refractivity contribution in [3.8, 4) is 0 Å². The Kier molecular flexibility index (Phi) is 8.01. The van der Waals surface area contributed by atoms with E-state index in [0.717, 1.165) is 30.3 Å². The van der Waals surface area contributed by atoms with Crippen molar-refractivity contribution in [3.05, 3.63) is 31.8 Å². The Morgan fingerprint density at radius 3 is 2.70 bits per heavy atom. The van der Waals surface area contributed by atoms with Crippen LogP contribution in [-0.4, -0.2) is 19.3 Å². The Labute approximate surface area is 145 Å². The van der Waals surface area contributed by atoms with Gasteiger partial charge < -0.3 is 10.1 Å². The van der Waals surface area contributed by atoms with Crippen molar-refractivity contribution >= 4 is 38.5 Å². The molecular formula is C16H25BrINO. The number of hydrogen-bond acceptors (Lipinski definition) is 2. The molecule has 1 N–H and O–H groups in total. The number of halogens is 2. The molecule has 1 unspecified atom stereocenters. The fourth-order valence-electron chi connectivity index (χ4n) is 2.06. The summed E-state index contributed by atoms with van der Waals surface area (Å²) >= 11 is 6.00. The van der Waals surface area contributed by atoms with E-state index in [2.05, 4.69) is 82.8 Å². The first kappa shape index (κ1) is 18.4. The average Bonchev–Trinajstić information content (AvgIpc) is 2.42. The third-order valence-electron chi connectivity index (χ3n) is 3.56. The molecule has 1 atom stereocenters. The molecular weight excluding hydrogens is 429 g/mol. The van der Waals surface area contributed by atoms with Crippen LogP contribution in [-0.2, 0) is 4.74 Å². The lowest BCUT2D eigenvalue weighted by Gasteiger charge is -2.27. The number of benzene rings is 1. The summed E-state index contributed by atoms with van der Waals surface area (Å²) in [6.45, 7) is 7.54. The molecule has 0 heterocycles. The highest BCUT2D eigenvalue weighted by atomic mass is 127. The second-order valence-electron chi connectivity index (χ2n) is 5.68. The van der Waals surface area contributed by atoms with E-state index in [1.165, 1.54) is 9.13 Å². The standard InChI is InChI=1S/C16H25BrINO/c1-5-10-19-15(8-9-16(2,3)20-4)13-11-12(17)6-7-14(13)18/h6-7,11,15,19H,5,8-10H2,1-4H3. The molecule has 0 bridgehead atoms. The highest BCUT2D eigenvalue weighted by Gasteiger charge is 2.21. The van der Waals surface area contributed by atoms with E-state index < -0.39 is 0 Å². The van der Waals surface area contributed by atoms with Gasteiger partial charge >= 0.3 is 0 Å². The Morgan fingerprint density at radius 1 is 1.40 bits per heavy atom. The van der Waals surface area contributed by atoms with Gasteiger partial charge in [-0.25, -0.2) is 0 Å². The Balaban J connectivity index is 2.85. The van der Waals surface area contributed by atoms with Gasteiger partial charge in [0.25, 0.3) is 0 Å². The van der Waals surface area contributed by atoms with Crippen LogP contribution in [0.25, 0.3) is 0 Å². The van der Waals surface area contributed by atoms with Crippen LogP contribution in [0.15, 0.2) is 22.7 Å². The first-order valence-corrected chi connectivity index (χ1v) is 9.00. The van der Waals surface area contributed by atoms with Gasteiger partial charge in [0.05, 0.1) is 5.60 Å². The van der Waals surface area contributed by atoms with Crippen molar-refractivity contribution in [2.24, 2.45) is 0 Å². The minimum atomic E-state index is -0.0659. The van der Waals surface area contributed by atoms with E-state index in [4.69, 9.17) is 4.74 Å². The van der Waals surface area contributed by atoms with Crippen LogP contribution in [0, 0.1) is 3.57 Å². The van der Waals surface area contributed by atoms with Gasteiger partial charge in [-0.3, -0.25) is 0 Å². The summed E-state index contributed by atoms with van der Waals surface area (Å²) in [5.74, 6) is 0. The van der Waals surface area contributed by atoms with Gasteiger partial charge in [-0.05, 0) is 86.0 Å². The van der Waals surface area contributed by atoms with Crippen molar-refractivity contribution in [3.63, 3.8) is 0 Å². The van der Waals surface area contributed by atoms with Gasteiger partial charge in [-0.2, -0.15) is 0 Å². The predicted octanol–water partition coefficient (Wildman–Crippen LogP) is 5.30. The molecule has 1 aromatic rings. The minimum Gasteiger partial charge on any atom is -0.379 e. The topological polar surface area (TPSA) is 21.3 Å². The van der Waals surface area contributed by atoms with Crippen molar-refractivity contribution in [2.45, 2.75) is 51.7 Å². The molecule has 4 heteroatoms. The molecule has 0 aliphatic rings. The van der Waals surface area contributed by atoms with E-state index >= 15 is 0 Å². The van der Waals surface area contributed by atoms with E-state index in [0.29, 0.717) is 6.04 Å². The smallest absolute Gasteiger partial charge is 0.0623 e. The average molecular weight is 454 g/mol. The molecule has 0 aliphatic carbocycles. The zero-order valence-corrected chi connectivity index (χ0v) is 16.5. The number of hydrogen-bond donors (Lipinski definition) is 1. The van der Waals surface area contributed by atoms with Gasteiger partial charge in [-0.15, -0.1) is 0 Å². The number of rotatable bonds is 8. The summed E-state index contributed by atoms with van der Waals surface area (Å²) in [5, 5.41) is 3.67. The normalized spacial score (nSPS) is 13.5. The Hall–Kier alpha value is 0.350. The lowest BCUT2D eigenvalue weighted by atomic mass is 9.95. The SMILES string of the molecule is CCCNC(CCC(C)(C)OC)c1cc(Br)ccc1I. The molecule has 0 radical (unpaired) electrons. The maximum atomic E-state index is 5.54. The van der Waals surface area contributed by atoms with E-state index in [1.807, 2.05) is 0 Å². The first-order valence-electron chi connectivity index (χ1n) is 7.13. The zero-order valence-electron chi connectivity index (χ0n) is 12.8. The van der Waals surface area contributed by atoms with Crippen LogP contribution < -0.4 is 5.32 Å². The summed E-state index contributed by atoms with van der Waals surface area (Å²) < 4.78 is 8.00. The van der Waals surface area contributed by atoms with Gasteiger partial charge in [-0.1, -0.05) is 22.9 Å². The van der Waals surface area contributed by atoms with Crippen LogP contribution in [0.2, 0.25) is 0 Å². The molecule has 114 valence electrons. The fraction of sp³-hybridized carbons (Fsp3) is 0.625. The monoisotopic (exact) mass is 453 g/mol. The minimum absolute atomic E-state index is 0.0659. The summed E-state index contributed by atoms with van der Waals surface area (Å²) in [5.41, 5.74) is 1.31. The molecule has 1 aromatic carbocycles. The highest BCUT2D eigenvalue weighted by molar-refractivity contribution is 14.1. The maximum absolute atomic E-state index is 5.54. The summed E-state index contributed by atoms with van der Waals surface area (Å²) in [4.78, 5) is 0. The maximum Gasteiger partial charge on any atom is 0.0623 e. The number of nitrogens with one attached hydrogen (secondary N) is 1. The van der Waals surface area contributed by atoms with E-state index in [1.54, 1.807) is 7.11 Å². The van der Waals surface area contributed by atoms with Crippen LogP contribution in [0.3, 0.4) is 0 Å². The van der Waals surface area contributed by atoms with Crippen LogP contribution in [0.5, 0.6) is 0 Å². The van der Waals surface area contributed by atoms with Crippen LogP contribution in [0.1, 0.15) is 51.6 Å². The second-order valence-corrected chi connectivity index (χ2v) is 7.75. The van der Waals surface area contributed by atoms with Gasteiger partial charge in [0, 0.05) is 21.2 Å². The van der Waals surface area contributed by atoms with Crippen molar-refractivity contribution in [2.75, 3.05) is 13.7 Å². The largest absolute Gasteiger partial charge is 0.379 e. The van der Waals surface area contributed by atoms with Crippen LogP contribution in [0.4, 0.5) is 0 Å². The third-order valence-corrected chi connectivity index (χ3v) is 5.04. The summed E-state index contributed by atoms with van der Waals surface area (Å²) in [6.07, 6.45) is 3.26. The Morgan fingerprint density at radius 2 is 2.10 bits per heavy atom. The van der Waals surface area contributed by atoms with Crippen molar-refractivity contribution < 1.29 is 4.74 Å². The van der Waals surface area contributed by atoms with Crippen LogP contribution >= 0.6 is 38.5 Å². The molecule has 1 rings (SSSR count). The lowest BCUT2D eigenvalue weighted by Crippen LogP contribution is -2.28. The van der Waals surface area contributed by atoms with Gasteiger partial charge in [0.15, 0.2) is 0 Å². The molecule has 2 nitrogen and oxygen atoms in total. The van der Waals surface area contributed by atoms with Crippen molar-refractivity contribution in [1.29, 1.82) is 0 Å². The molecule has 0 saturated carbocycles. The molecule has 0 aromatic heterocycles. The number of ether oxygens (including phenoxy) is 1. The van der Waals surface area contributed by atoms with Crippen molar-refractivity contribution in [1.82, 2.24) is 5.32 Å². The van der Waals surface area contributed by atoms with Gasteiger partial charge in [0.2, 0.25) is 0 Å². The molecule has 0 amide bonds. The Bertz CT molecular complexity index is 423. The molecule has 0 saturated heterocycles. The molecule has 20 heavy (non-hydrogen) atoms. The zero-order chi connectivity index (χ0) is 15.2. The lowest BCUT2D eigenvalue weighted by molar-refractivity contribution is 0.0116. The fourth-order valence-corrected chi connectivity index (χ4v) is 3.15. The van der Waals surface area contributed by atoms with Gasteiger partial charge in [0.1, 0.15) is 0 Å². The predicted molar refractivity (Wildman–Crippen MR) is 98.2 cm³/mol. The number of methoxy groups -OCH3 is 1. The molecule has 0 aliphatic heterocycles. The van der Waals surface area contributed by atoms with E-state index in [-0.39, 0.29) is 5.60 Å². The summed E-state index contributed by atoms with van der Waals surface area (Å²) in [6, 6.07) is 6.88.